The highest BCUT2D eigenvalue weighted by molar-refractivity contribution is 5.80. The van der Waals surface area contributed by atoms with E-state index >= 15 is 0 Å². The average molecular weight is 230 g/mol. The van der Waals surface area contributed by atoms with E-state index in [-0.39, 0.29) is 12.6 Å². The molecule has 17 heavy (non-hydrogen) atoms. The van der Waals surface area contributed by atoms with Crippen molar-refractivity contribution >= 4 is 10.9 Å². The molecule has 1 aromatic heterocycles. The number of hydrogen-bond donors (Lipinski definition) is 3. The second-order valence-electron chi connectivity index (χ2n) is 4.80. The number of benzene rings is 1. The highest BCUT2D eigenvalue weighted by Gasteiger charge is 2.26. The van der Waals surface area contributed by atoms with Crippen LogP contribution >= 0.6 is 0 Å². The molecule has 0 amide bonds. The molecule has 1 saturated heterocycles. The van der Waals surface area contributed by atoms with E-state index in [1.165, 1.54) is 23.0 Å². The maximum atomic E-state index is 9.42. The number of piperidine rings is 1. The van der Waals surface area contributed by atoms with Crippen LogP contribution < -0.4 is 5.32 Å². The lowest BCUT2D eigenvalue weighted by Gasteiger charge is -2.30. The van der Waals surface area contributed by atoms with Crippen molar-refractivity contribution in [3.8, 4) is 0 Å². The summed E-state index contributed by atoms with van der Waals surface area (Å²) >= 11 is 0. The number of rotatable bonds is 2. The van der Waals surface area contributed by atoms with Gasteiger partial charge in [0.05, 0.1) is 6.61 Å². The van der Waals surface area contributed by atoms with Gasteiger partial charge in [0.2, 0.25) is 0 Å². The number of hydrogen-bond acceptors (Lipinski definition) is 2. The van der Waals surface area contributed by atoms with Gasteiger partial charge in [-0.25, -0.2) is 0 Å². The molecule has 3 heteroatoms. The Labute approximate surface area is 101 Å². The fraction of sp³-hybridized carbons (Fsp3) is 0.429. The summed E-state index contributed by atoms with van der Waals surface area (Å²) in [4.78, 5) is 3.48. The van der Waals surface area contributed by atoms with Gasteiger partial charge in [-0.2, -0.15) is 0 Å². The molecule has 1 aliphatic heterocycles. The van der Waals surface area contributed by atoms with Crippen LogP contribution in [-0.4, -0.2) is 29.3 Å². The van der Waals surface area contributed by atoms with Crippen LogP contribution in [0.15, 0.2) is 30.3 Å². The molecule has 2 aromatic rings. The Morgan fingerprint density at radius 2 is 2.18 bits per heavy atom. The third kappa shape index (κ3) is 1.96. The van der Waals surface area contributed by atoms with Crippen molar-refractivity contribution in [3.05, 3.63) is 36.0 Å². The molecule has 0 aliphatic carbocycles. The zero-order chi connectivity index (χ0) is 11.7. The highest BCUT2D eigenvalue weighted by Crippen LogP contribution is 2.29. The molecule has 90 valence electrons. The van der Waals surface area contributed by atoms with Gasteiger partial charge >= 0.3 is 0 Å². The maximum Gasteiger partial charge on any atom is 0.0591 e. The second kappa shape index (κ2) is 4.51. The molecule has 3 N–H and O–H groups in total. The Balaban J connectivity index is 1.96. The Kier molecular flexibility index (Phi) is 2.87. The first-order valence-corrected chi connectivity index (χ1v) is 6.30. The van der Waals surface area contributed by atoms with Crippen molar-refractivity contribution < 1.29 is 5.11 Å². The number of aliphatic hydroxyl groups excluding tert-OH is 1. The van der Waals surface area contributed by atoms with Crippen molar-refractivity contribution in [3.63, 3.8) is 0 Å². The monoisotopic (exact) mass is 230 g/mol. The molecule has 0 bridgehead atoms. The Bertz CT molecular complexity index is 473. The molecule has 0 spiro atoms. The summed E-state index contributed by atoms with van der Waals surface area (Å²) in [7, 11) is 0. The summed E-state index contributed by atoms with van der Waals surface area (Å²) in [6.45, 7) is 1.22. The fourth-order valence-corrected chi connectivity index (χ4v) is 2.81. The van der Waals surface area contributed by atoms with Crippen LogP contribution in [0.4, 0.5) is 0 Å². The first-order chi connectivity index (χ1) is 8.38. The van der Waals surface area contributed by atoms with E-state index in [1.807, 2.05) is 6.07 Å². The fourth-order valence-electron chi connectivity index (χ4n) is 2.81. The minimum Gasteiger partial charge on any atom is -0.395 e. The van der Waals surface area contributed by atoms with Crippen molar-refractivity contribution in [2.24, 2.45) is 0 Å². The Morgan fingerprint density at radius 1 is 1.29 bits per heavy atom. The number of para-hydroxylation sites is 1. The number of aromatic nitrogens is 1. The predicted molar refractivity (Wildman–Crippen MR) is 69.2 cm³/mol. The van der Waals surface area contributed by atoms with E-state index in [4.69, 9.17) is 0 Å². The van der Waals surface area contributed by atoms with E-state index in [1.54, 1.807) is 0 Å². The molecule has 3 rings (SSSR count). The standard InChI is InChI=1S/C14H18N2O/c17-9-14-11(5-3-7-15-14)13-8-10-4-1-2-6-12(10)16-13/h1-2,4,6,8,11,14-17H,3,5,7,9H2. The van der Waals surface area contributed by atoms with Crippen LogP contribution in [0.3, 0.4) is 0 Å². The van der Waals surface area contributed by atoms with Gasteiger partial charge in [0.1, 0.15) is 0 Å². The molecular formula is C14H18N2O. The van der Waals surface area contributed by atoms with E-state index in [2.05, 4.69) is 34.6 Å². The van der Waals surface area contributed by atoms with E-state index in [0.29, 0.717) is 5.92 Å². The smallest absolute Gasteiger partial charge is 0.0591 e. The lowest BCUT2D eigenvalue weighted by atomic mass is 9.88. The molecule has 0 radical (unpaired) electrons. The minimum absolute atomic E-state index is 0.191. The minimum atomic E-state index is 0.191. The van der Waals surface area contributed by atoms with Gasteiger partial charge in [-0.1, -0.05) is 18.2 Å². The summed E-state index contributed by atoms with van der Waals surface area (Å²) in [5.41, 5.74) is 2.43. The van der Waals surface area contributed by atoms with E-state index < -0.39 is 0 Å². The van der Waals surface area contributed by atoms with Gasteiger partial charge in [0.25, 0.3) is 0 Å². The molecule has 2 unspecified atom stereocenters. The molecule has 2 atom stereocenters. The van der Waals surface area contributed by atoms with Gasteiger partial charge in [-0.15, -0.1) is 0 Å². The second-order valence-corrected chi connectivity index (χ2v) is 4.80. The zero-order valence-corrected chi connectivity index (χ0v) is 9.82. The van der Waals surface area contributed by atoms with Gasteiger partial charge in [0, 0.05) is 23.2 Å². The topological polar surface area (TPSA) is 48.0 Å². The number of H-pyrrole nitrogens is 1. The first-order valence-electron chi connectivity index (χ1n) is 6.30. The van der Waals surface area contributed by atoms with Crippen molar-refractivity contribution in [1.82, 2.24) is 10.3 Å². The largest absolute Gasteiger partial charge is 0.395 e. The Morgan fingerprint density at radius 3 is 3.00 bits per heavy atom. The first kappa shape index (κ1) is 10.8. The van der Waals surface area contributed by atoms with Gasteiger partial charge in [-0.05, 0) is 36.9 Å². The SMILES string of the molecule is OCC1NCCCC1c1cc2ccccc2[nH]1. The maximum absolute atomic E-state index is 9.42. The van der Waals surface area contributed by atoms with Crippen LogP contribution in [0.25, 0.3) is 10.9 Å². The molecule has 1 fully saturated rings. The van der Waals surface area contributed by atoms with Crippen LogP contribution in [0.1, 0.15) is 24.5 Å². The van der Waals surface area contributed by atoms with Crippen LogP contribution in [-0.2, 0) is 0 Å². The van der Waals surface area contributed by atoms with E-state index in [9.17, 15) is 5.11 Å². The summed E-state index contributed by atoms with van der Waals surface area (Å²) < 4.78 is 0. The highest BCUT2D eigenvalue weighted by atomic mass is 16.3. The van der Waals surface area contributed by atoms with Crippen molar-refractivity contribution in [2.45, 2.75) is 24.8 Å². The van der Waals surface area contributed by atoms with Gasteiger partial charge in [0.15, 0.2) is 0 Å². The number of nitrogens with one attached hydrogen (secondary N) is 2. The predicted octanol–water partition coefficient (Wildman–Crippen LogP) is 2.00. The zero-order valence-electron chi connectivity index (χ0n) is 9.82. The molecule has 0 saturated carbocycles. The molecule has 1 aliphatic rings. The number of aliphatic hydroxyl groups is 1. The van der Waals surface area contributed by atoms with Gasteiger partial charge in [-0.3, -0.25) is 0 Å². The van der Waals surface area contributed by atoms with E-state index in [0.717, 1.165) is 13.0 Å². The third-order valence-corrected chi connectivity index (χ3v) is 3.73. The van der Waals surface area contributed by atoms with Crippen molar-refractivity contribution in [1.29, 1.82) is 0 Å². The van der Waals surface area contributed by atoms with Gasteiger partial charge < -0.3 is 15.4 Å². The number of fused-ring (bicyclic) bond motifs is 1. The van der Waals surface area contributed by atoms with Crippen LogP contribution in [0.2, 0.25) is 0 Å². The summed E-state index contributed by atoms with van der Waals surface area (Å²) in [6, 6.07) is 10.7. The van der Waals surface area contributed by atoms with Crippen LogP contribution in [0, 0.1) is 0 Å². The summed E-state index contributed by atoms with van der Waals surface area (Å²) in [5, 5.41) is 14.1. The van der Waals surface area contributed by atoms with Crippen LogP contribution in [0.5, 0.6) is 0 Å². The lowest BCUT2D eigenvalue weighted by molar-refractivity contribution is 0.200. The summed E-state index contributed by atoms with van der Waals surface area (Å²) in [5.74, 6) is 0.404. The normalized spacial score (nSPS) is 25.2. The molecule has 1 aromatic carbocycles. The lowest BCUT2D eigenvalue weighted by Crippen LogP contribution is -2.42. The molecular weight excluding hydrogens is 212 g/mol. The number of aromatic amines is 1. The quantitative estimate of drug-likeness (QED) is 0.739. The average Bonchev–Trinajstić information content (AvgIpc) is 2.82. The third-order valence-electron chi connectivity index (χ3n) is 3.73. The van der Waals surface area contributed by atoms with Crippen molar-refractivity contribution in [2.75, 3.05) is 13.2 Å². The Hall–Kier alpha value is -1.32. The molecule has 3 nitrogen and oxygen atoms in total. The molecule has 2 heterocycles. The summed E-state index contributed by atoms with van der Waals surface area (Å²) in [6.07, 6.45) is 2.32.